The fourth-order valence-corrected chi connectivity index (χ4v) is 2.67. The molecule has 2 fully saturated rings. The minimum absolute atomic E-state index is 0.271. The van der Waals surface area contributed by atoms with E-state index in [1.165, 1.54) is 12.8 Å². The predicted molar refractivity (Wildman–Crippen MR) is 80.6 cm³/mol. The highest BCUT2D eigenvalue weighted by Crippen LogP contribution is 2.36. The topological polar surface area (TPSA) is 53.5 Å². The number of hydrogen-bond donors (Lipinski definition) is 0. The highest BCUT2D eigenvalue weighted by molar-refractivity contribution is 6.61. The molecule has 21 heavy (non-hydrogen) atoms. The minimum Gasteiger partial charge on any atom is -0.473 e. The van der Waals surface area contributed by atoms with Crippen LogP contribution in [-0.4, -0.2) is 34.4 Å². The van der Waals surface area contributed by atoms with Crippen molar-refractivity contribution in [3.8, 4) is 5.88 Å². The third kappa shape index (κ3) is 2.92. The molecule has 0 N–H and O–H groups in total. The molecular formula is C15H23BN2O3. The van der Waals surface area contributed by atoms with Crippen LogP contribution in [0.5, 0.6) is 5.88 Å². The van der Waals surface area contributed by atoms with Crippen molar-refractivity contribution in [2.75, 3.05) is 0 Å². The predicted octanol–water partition coefficient (Wildman–Crippen LogP) is 2.10. The van der Waals surface area contributed by atoms with Gasteiger partial charge < -0.3 is 14.0 Å². The largest absolute Gasteiger partial charge is 0.516 e. The van der Waals surface area contributed by atoms with Gasteiger partial charge in [-0.3, -0.25) is 4.98 Å². The van der Waals surface area contributed by atoms with E-state index < -0.39 is 7.12 Å². The van der Waals surface area contributed by atoms with Gasteiger partial charge in [-0.2, -0.15) is 0 Å². The van der Waals surface area contributed by atoms with E-state index in [1.807, 2.05) is 27.7 Å². The Kier molecular flexibility index (Phi) is 3.70. The van der Waals surface area contributed by atoms with Gasteiger partial charge in [-0.25, -0.2) is 4.98 Å². The third-order valence-electron chi connectivity index (χ3n) is 4.72. The van der Waals surface area contributed by atoms with Crippen LogP contribution in [0.4, 0.5) is 0 Å². The monoisotopic (exact) mass is 290 g/mol. The van der Waals surface area contributed by atoms with Crippen LogP contribution in [0.2, 0.25) is 0 Å². The molecule has 0 amide bonds. The summed E-state index contributed by atoms with van der Waals surface area (Å²) in [5.41, 5.74) is -0.0762. The van der Waals surface area contributed by atoms with E-state index in [0.29, 0.717) is 11.5 Å². The Labute approximate surface area is 126 Å². The van der Waals surface area contributed by atoms with Crippen molar-refractivity contribution in [2.24, 2.45) is 0 Å². The lowest BCUT2D eigenvalue weighted by Crippen LogP contribution is -2.41. The second-order valence-corrected chi connectivity index (χ2v) is 6.89. The van der Waals surface area contributed by atoms with Gasteiger partial charge in [-0.1, -0.05) is 0 Å². The maximum absolute atomic E-state index is 5.99. The molecule has 0 bridgehead atoms. The molecule has 1 aliphatic carbocycles. The zero-order valence-electron chi connectivity index (χ0n) is 13.3. The molecule has 1 aromatic rings. The zero-order chi connectivity index (χ0) is 15.1. The quantitative estimate of drug-likeness (QED) is 0.798. The van der Waals surface area contributed by atoms with Crippen molar-refractivity contribution in [2.45, 2.75) is 70.7 Å². The van der Waals surface area contributed by atoms with E-state index >= 15 is 0 Å². The van der Waals surface area contributed by atoms with Crippen LogP contribution in [0.1, 0.15) is 53.4 Å². The normalized spacial score (nSPS) is 24.5. The fraction of sp³-hybridized carbons (Fsp3) is 0.733. The SMILES string of the molecule is CC1(C)OB(c2cncc(OC3CCCC3)n2)OC1(C)C. The summed E-state index contributed by atoms with van der Waals surface area (Å²) < 4.78 is 17.9. The second-order valence-electron chi connectivity index (χ2n) is 6.89. The molecule has 3 rings (SSSR count). The number of nitrogens with zero attached hydrogens (tertiary/aromatic N) is 2. The summed E-state index contributed by atoms with van der Waals surface area (Å²) in [5, 5.41) is 0. The van der Waals surface area contributed by atoms with Gasteiger partial charge in [0.1, 0.15) is 6.10 Å². The van der Waals surface area contributed by atoms with Crippen LogP contribution in [0.15, 0.2) is 12.4 Å². The van der Waals surface area contributed by atoms with Crippen molar-refractivity contribution < 1.29 is 14.0 Å². The molecule has 0 radical (unpaired) electrons. The van der Waals surface area contributed by atoms with Crippen molar-refractivity contribution in [1.82, 2.24) is 9.97 Å². The number of ether oxygens (including phenoxy) is 1. The van der Waals surface area contributed by atoms with E-state index in [2.05, 4.69) is 9.97 Å². The number of aromatic nitrogens is 2. The Morgan fingerprint density at radius 1 is 1.10 bits per heavy atom. The van der Waals surface area contributed by atoms with E-state index in [1.54, 1.807) is 12.4 Å². The summed E-state index contributed by atoms with van der Waals surface area (Å²) in [7, 11) is -0.491. The molecular weight excluding hydrogens is 267 g/mol. The maximum Gasteiger partial charge on any atom is 0.516 e. The van der Waals surface area contributed by atoms with Crippen LogP contribution < -0.4 is 10.3 Å². The summed E-state index contributed by atoms with van der Waals surface area (Å²) in [6.45, 7) is 8.11. The minimum atomic E-state index is -0.491. The van der Waals surface area contributed by atoms with Gasteiger partial charge in [0.05, 0.1) is 23.0 Å². The Hall–Kier alpha value is -1.14. The summed E-state index contributed by atoms with van der Waals surface area (Å²) in [6.07, 6.45) is 8.28. The number of hydrogen-bond acceptors (Lipinski definition) is 5. The Bertz CT molecular complexity index is 499. The molecule has 6 heteroatoms. The first-order chi connectivity index (χ1) is 9.87. The fourth-order valence-electron chi connectivity index (χ4n) is 2.67. The van der Waals surface area contributed by atoms with Gasteiger partial charge in [-0.05, 0) is 53.4 Å². The average molecular weight is 290 g/mol. The van der Waals surface area contributed by atoms with Crippen molar-refractivity contribution in [3.05, 3.63) is 12.4 Å². The van der Waals surface area contributed by atoms with E-state index in [0.717, 1.165) is 12.8 Å². The first kappa shape index (κ1) is 14.8. The Balaban J connectivity index is 1.74. The summed E-state index contributed by atoms with van der Waals surface area (Å²) in [4.78, 5) is 8.73. The highest BCUT2D eigenvalue weighted by Gasteiger charge is 2.52. The first-order valence-electron chi connectivity index (χ1n) is 7.72. The molecule has 2 heterocycles. The lowest BCUT2D eigenvalue weighted by Gasteiger charge is -2.32. The van der Waals surface area contributed by atoms with Crippen LogP contribution in [0, 0.1) is 0 Å². The van der Waals surface area contributed by atoms with Crippen molar-refractivity contribution in [3.63, 3.8) is 0 Å². The molecule has 114 valence electrons. The summed E-state index contributed by atoms with van der Waals surface area (Å²) in [5.74, 6) is 0.564. The third-order valence-corrected chi connectivity index (χ3v) is 4.72. The number of rotatable bonds is 3. The average Bonchev–Trinajstić information content (AvgIpc) is 2.97. The standard InChI is InChI=1S/C15H23BN2O3/c1-14(2)15(3,4)21-16(20-14)12-9-17-10-13(18-12)19-11-7-5-6-8-11/h9-11H,5-8H2,1-4H3. The molecule has 1 aromatic heterocycles. The van der Waals surface area contributed by atoms with Gasteiger partial charge in [0, 0.05) is 6.20 Å². The van der Waals surface area contributed by atoms with Crippen LogP contribution in [0.25, 0.3) is 0 Å². The molecule has 0 spiro atoms. The van der Waals surface area contributed by atoms with E-state index in [9.17, 15) is 0 Å². The first-order valence-corrected chi connectivity index (χ1v) is 7.72. The lowest BCUT2D eigenvalue weighted by atomic mass is 9.85. The maximum atomic E-state index is 5.99. The van der Waals surface area contributed by atoms with Gasteiger partial charge in [0.15, 0.2) is 0 Å². The molecule has 0 unspecified atom stereocenters. The Morgan fingerprint density at radius 2 is 1.71 bits per heavy atom. The van der Waals surface area contributed by atoms with Crippen LogP contribution in [0.3, 0.4) is 0 Å². The van der Waals surface area contributed by atoms with Crippen molar-refractivity contribution >= 4 is 12.7 Å². The van der Waals surface area contributed by atoms with Crippen LogP contribution in [-0.2, 0) is 9.31 Å². The van der Waals surface area contributed by atoms with Gasteiger partial charge in [-0.15, -0.1) is 0 Å². The Morgan fingerprint density at radius 3 is 2.33 bits per heavy atom. The van der Waals surface area contributed by atoms with E-state index in [-0.39, 0.29) is 17.3 Å². The highest BCUT2D eigenvalue weighted by atomic mass is 16.7. The molecule has 0 atom stereocenters. The molecule has 1 saturated heterocycles. The molecule has 0 aromatic carbocycles. The van der Waals surface area contributed by atoms with Gasteiger partial charge >= 0.3 is 7.12 Å². The molecule has 2 aliphatic rings. The molecule has 5 nitrogen and oxygen atoms in total. The smallest absolute Gasteiger partial charge is 0.473 e. The summed E-state index contributed by atoms with van der Waals surface area (Å²) in [6, 6.07) is 0. The molecule has 1 saturated carbocycles. The van der Waals surface area contributed by atoms with E-state index in [4.69, 9.17) is 14.0 Å². The zero-order valence-corrected chi connectivity index (χ0v) is 13.3. The van der Waals surface area contributed by atoms with Gasteiger partial charge in [0.25, 0.3) is 0 Å². The second kappa shape index (κ2) is 5.25. The van der Waals surface area contributed by atoms with Gasteiger partial charge in [0.2, 0.25) is 5.88 Å². The summed E-state index contributed by atoms with van der Waals surface area (Å²) >= 11 is 0. The lowest BCUT2D eigenvalue weighted by molar-refractivity contribution is 0.00578. The van der Waals surface area contributed by atoms with Crippen LogP contribution >= 0.6 is 0 Å². The van der Waals surface area contributed by atoms with Crippen molar-refractivity contribution in [1.29, 1.82) is 0 Å². The molecule has 1 aliphatic heterocycles.